The van der Waals surface area contributed by atoms with Crippen LogP contribution in [0.25, 0.3) is 0 Å². The molecule has 0 spiro atoms. The minimum atomic E-state index is -0.409. The molecule has 0 aliphatic carbocycles. The maximum Gasteiger partial charge on any atom is 0.271 e. The molecule has 0 atom stereocenters. The van der Waals surface area contributed by atoms with E-state index in [0.29, 0.717) is 33.5 Å². The first-order valence-electron chi connectivity index (χ1n) is 9.82. The van der Waals surface area contributed by atoms with E-state index in [1.165, 1.54) is 20.4 Å². The Morgan fingerprint density at radius 1 is 0.939 bits per heavy atom. The van der Waals surface area contributed by atoms with Gasteiger partial charge in [-0.25, -0.2) is 5.43 Å². The number of carbonyl (C=O) groups is 2. The summed E-state index contributed by atoms with van der Waals surface area (Å²) in [5.41, 5.74) is 4.06. The number of carbonyl (C=O) groups excluding carboxylic acids is 2. The Morgan fingerprint density at radius 3 is 2.24 bits per heavy atom. The van der Waals surface area contributed by atoms with Crippen LogP contribution in [0.5, 0.6) is 17.2 Å². The SMILES string of the molecule is COc1cc(OC)cc(C(=O)NN=Cc2ccc(OCC(=O)Nc3ccccc3Cl)cc2)c1. The maximum atomic E-state index is 12.3. The molecule has 2 amide bonds. The molecule has 0 heterocycles. The van der Waals surface area contributed by atoms with E-state index in [4.69, 9.17) is 25.8 Å². The zero-order chi connectivity index (χ0) is 23.6. The number of methoxy groups -OCH3 is 2. The number of rotatable bonds is 9. The average molecular weight is 468 g/mol. The molecule has 3 aromatic rings. The van der Waals surface area contributed by atoms with E-state index in [0.717, 1.165) is 5.56 Å². The van der Waals surface area contributed by atoms with Crippen molar-refractivity contribution in [3.05, 3.63) is 82.9 Å². The summed E-state index contributed by atoms with van der Waals surface area (Å²) >= 11 is 6.02. The number of hydrogen-bond acceptors (Lipinski definition) is 6. The number of halogens is 1. The molecule has 0 aromatic heterocycles. The quantitative estimate of drug-likeness (QED) is 0.364. The van der Waals surface area contributed by atoms with Crippen molar-refractivity contribution in [3.63, 3.8) is 0 Å². The Morgan fingerprint density at radius 2 is 1.61 bits per heavy atom. The Bertz CT molecular complexity index is 1130. The standard InChI is InChI=1S/C24H22ClN3O5/c1-31-19-11-17(12-20(13-19)32-2)24(30)28-26-14-16-7-9-18(10-8-16)33-15-23(29)27-22-6-4-3-5-21(22)25/h3-14H,15H2,1-2H3,(H,27,29)(H,28,30). The molecule has 3 aromatic carbocycles. The highest BCUT2D eigenvalue weighted by atomic mass is 35.5. The molecule has 0 fully saturated rings. The van der Waals surface area contributed by atoms with Gasteiger partial charge >= 0.3 is 0 Å². The number of hydrazone groups is 1. The highest BCUT2D eigenvalue weighted by molar-refractivity contribution is 6.33. The summed E-state index contributed by atoms with van der Waals surface area (Å²) < 4.78 is 15.8. The minimum absolute atomic E-state index is 0.168. The van der Waals surface area contributed by atoms with E-state index in [9.17, 15) is 9.59 Å². The number of hydrogen-bond donors (Lipinski definition) is 2. The summed E-state index contributed by atoms with van der Waals surface area (Å²) in [6, 6.07) is 18.7. The van der Waals surface area contributed by atoms with Gasteiger partial charge < -0.3 is 19.5 Å². The van der Waals surface area contributed by atoms with Crippen molar-refractivity contribution in [3.8, 4) is 17.2 Å². The second-order valence-corrected chi connectivity index (χ2v) is 7.09. The van der Waals surface area contributed by atoms with Gasteiger partial charge in [0.1, 0.15) is 17.2 Å². The Labute approximate surface area is 196 Å². The number of benzene rings is 3. The fourth-order valence-electron chi connectivity index (χ4n) is 2.72. The van der Waals surface area contributed by atoms with Crippen LogP contribution < -0.4 is 25.0 Å². The lowest BCUT2D eigenvalue weighted by Crippen LogP contribution is -2.20. The van der Waals surface area contributed by atoms with Crippen molar-refractivity contribution in [2.45, 2.75) is 0 Å². The second-order valence-electron chi connectivity index (χ2n) is 6.69. The van der Waals surface area contributed by atoms with Gasteiger partial charge in [0.05, 0.1) is 31.1 Å². The van der Waals surface area contributed by atoms with Crippen LogP contribution in [-0.4, -0.2) is 38.9 Å². The van der Waals surface area contributed by atoms with E-state index < -0.39 is 5.91 Å². The van der Waals surface area contributed by atoms with Crippen LogP contribution in [-0.2, 0) is 4.79 Å². The fraction of sp³-hybridized carbons (Fsp3) is 0.125. The third-order valence-corrected chi connectivity index (χ3v) is 4.72. The van der Waals surface area contributed by atoms with Gasteiger partial charge in [-0.05, 0) is 54.1 Å². The molecule has 33 heavy (non-hydrogen) atoms. The highest BCUT2D eigenvalue weighted by Crippen LogP contribution is 2.22. The lowest BCUT2D eigenvalue weighted by Gasteiger charge is -2.09. The zero-order valence-electron chi connectivity index (χ0n) is 18.0. The number of nitrogens with one attached hydrogen (secondary N) is 2. The van der Waals surface area contributed by atoms with E-state index in [2.05, 4.69) is 15.8 Å². The van der Waals surface area contributed by atoms with Crippen LogP contribution in [0.2, 0.25) is 5.02 Å². The summed E-state index contributed by atoms with van der Waals surface area (Å²) in [6.07, 6.45) is 1.49. The van der Waals surface area contributed by atoms with Crippen molar-refractivity contribution in [1.82, 2.24) is 5.43 Å². The zero-order valence-corrected chi connectivity index (χ0v) is 18.8. The Balaban J connectivity index is 1.50. The van der Waals surface area contributed by atoms with Crippen molar-refractivity contribution >= 4 is 35.3 Å². The molecule has 0 radical (unpaired) electrons. The first-order chi connectivity index (χ1) is 16.0. The topological polar surface area (TPSA) is 98.2 Å². The van der Waals surface area contributed by atoms with Gasteiger partial charge in [-0.1, -0.05) is 23.7 Å². The molecule has 8 nitrogen and oxygen atoms in total. The predicted molar refractivity (Wildman–Crippen MR) is 127 cm³/mol. The first kappa shape index (κ1) is 23.6. The van der Waals surface area contributed by atoms with Gasteiger partial charge in [0.15, 0.2) is 6.61 Å². The van der Waals surface area contributed by atoms with Crippen LogP contribution in [0.3, 0.4) is 0 Å². The summed E-state index contributed by atoms with van der Waals surface area (Å²) in [5, 5.41) is 7.10. The van der Waals surface area contributed by atoms with Crippen LogP contribution in [0, 0.1) is 0 Å². The summed E-state index contributed by atoms with van der Waals surface area (Å²) in [6.45, 7) is -0.168. The van der Waals surface area contributed by atoms with E-state index >= 15 is 0 Å². The molecule has 0 saturated carbocycles. The lowest BCUT2D eigenvalue weighted by atomic mass is 10.2. The van der Waals surface area contributed by atoms with Gasteiger partial charge in [-0.2, -0.15) is 5.10 Å². The van der Waals surface area contributed by atoms with Crippen molar-refractivity contribution in [2.75, 3.05) is 26.1 Å². The smallest absolute Gasteiger partial charge is 0.271 e. The van der Waals surface area contributed by atoms with Crippen molar-refractivity contribution in [2.24, 2.45) is 5.10 Å². The number of para-hydroxylation sites is 1. The minimum Gasteiger partial charge on any atom is -0.497 e. The fourth-order valence-corrected chi connectivity index (χ4v) is 2.90. The first-order valence-corrected chi connectivity index (χ1v) is 10.2. The molecule has 170 valence electrons. The molecular formula is C24H22ClN3O5. The van der Waals surface area contributed by atoms with Gasteiger partial charge in [0.25, 0.3) is 11.8 Å². The highest BCUT2D eigenvalue weighted by Gasteiger charge is 2.09. The monoisotopic (exact) mass is 467 g/mol. The summed E-state index contributed by atoms with van der Waals surface area (Å²) in [5.74, 6) is 0.770. The Hall–Kier alpha value is -4.04. The normalized spacial score (nSPS) is 10.5. The maximum absolute atomic E-state index is 12.3. The largest absolute Gasteiger partial charge is 0.497 e. The van der Waals surface area contributed by atoms with Gasteiger partial charge in [-0.3, -0.25) is 9.59 Å². The average Bonchev–Trinajstić information content (AvgIpc) is 2.84. The molecule has 0 unspecified atom stereocenters. The molecule has 0 bridgehead atoms. The van der Waals surface area contributed by atoms with E-state index in [1.807, 2.05) is 0 Å². The van der Waals surface area contributed by atoms with Gasteiger partial charge in [0, 0.05) is 11.6 Å². The third kappa shape index (κ3) is 6.98. The van der Waals surface area contributed by atoms with Crippen LogP contribution in [0.15, 0.2) is 71.8 Å². The second kappa shape index (κ2) is 11.5. The molecule has 0 saturated heterocycles. The lowest BCUT2D eigenvalue weighted by molar-refractivity contribution is -0.118. The van der Waals surface area contributed by atoms with E-state index in [1.54, 1.807) is 66.7 Å². The van der Waals surface area contributed by atoms with E-state index in [-0.39, 0.29) is 12.5 Å². The number of anilines is 1. The van der Waals surface area contributed by atoms with Crippen molar-refractivity contribution < 1.29 is 23.8 Å². The van der Waals surface area contributed by atoms with Crippen molar-refractivity contribution in [1.29, 1.82) is 0 Å². The summed E-state index contributed by atoms with van der Waals surface area (Å²) in [4.78, 5) is 24.4. The molecule has 0 aliphatic heterocycles. The molecular weight excluding hydrogens is 446 g/mol. The molecule has 0 aliphatic rings. The Kier molecular flexibility index (Phi) is 8.26. The number of amides is 2. The summed E-state index contributed by atoms with van der Waals surface area (Å²) in [7, 11) is 3.01. The van der Waals surface area contributed by atoms with Crippen LogP contribution in [0.4, 0.5) is 5.69 Å². The molecule has 9 heteroatoms. The molecule has 2 N–H and O–H groups in total. The number of nitrogens with zero attached hydrogens (tertiary/aromatic N) is 1. The van der Waals surface area contributed by atoms with Crippen LogP contribution >= 0.6 is 11.6 Å². The number of ether oxygens (including phenoxy) is 3. The third-order valence-electron chi connectivity index (χ3n) is 4.39. The van der Waals surface area contributed by atoms with Gasteiger partial charge in [0.2, 0.25) is 0 Å². The predicted octanol–water partition coefficient (Wildman–Crippen LogP) is 4.14. The molecule has 3 rings (SSSR count). The van der Waals surface area contributed by atoms with Gasteiger partial charge in [-0.15, -0.1) is 0 Å². The van der Waals surface area contributed by atoms with Crippen LogP contribution in [0.1, 0.15) is 15.9 Å².